The Morgan fingerprint density at radius 1 is 0.844 bits per heavy atom. The van der Waals surface area contributed by atoms with Gasteiger partial charge in [-0.25, -0.2) is 0 Å². The molecule has 182 valence electrons. The number of hydrogen-bond acceptors (Lipinski definition) is 8. The van der Waals surface area contributed by atoms with Gasteiger partial charge in [-0.2, -0.15) is 0 Å². The maximum Gasteiger partial charge on any atom is 0.346 e. The topological polar surface area (TPSA) is 117 Å². The molecular weight excluding hydrogens is 456 g/mol. The van der Waals surface area contributed by atoms with Gasteiger partial charge in [0.25, 0.3) is 5.91 Å². The monoisotopic (exact) mass is 491 g/mol. The lowest BCUT2D eigenvalue weighted by molar-refractivity contribution is -0.119. The van der Waals surface area contributed by atoms with Crippen molar-refractivity contribution < 1.29 is 36.8 Å². The largest absolute Gasteiger partial charge is 0.346 e. The van der Waals surface area contributed by atoms with Crippen LogP contribution in [0.4, 0.5) is 0 Å². The number of hydrogen-bond donors (Lipinski definition) is 1. The van der Waals surface area contributed by atoms with Crippen LogP contribution in [0.3, 0.4) is 0 Å². The zero-order chi connectivity index (χ0) is 24.4. The molecule has 1 aromatic carbocycles. The number of benzene rings is 1. The van der Waals surface area contributed by atoms with Crippen molar-refractivity contribution in [2.24, 2.45) is 5.92 Å². The first kappa shape index (κ1) is 28.7. The van der Waals surface area contributed by atoms with Gasteiger partial charge in [-0.3, -0.25) is 18.7 Å². The van der Waals surface area contributed by atoms with Gasteiger partial charge in [0.05, 0.1) is 32.5 Å². The molecule has 9 nitrogen and oxygen atoms in total. The van der Waals surface area contributed by atoms with Crippen molar-refractivity contribution >= 4 is 26.9 Å². The van der Waals surface area contributed by atoms with E-state index in [1.165, 1.54) is 6.92 Å². The molecule has 0 saturated heterocycles. The van der Waals surface area contributed by atoms with Crippen LogP contribution in [0.25, 0.3) is 0 Å². The summed E-state index contributed by atoms with van der Waals surface area (Å²) in [5.41, 5.74) is 0.345. The van der Waals surface area contributed by atoms with E-state index in [2.05, 4.69) is 5.32 Å². The van der Waals surface area contributed by atoms with E-state index in [1.54, 1.807) is 65.0 Å². The summed E-state index contributed by atoms with van der Waals surface area (Å²) in [6, 6.07) is 7.22. The van der Waals surface area contributed by atoms with Gasteiger partial charge in [0.2, 0.25) is 0 Å². The molecule has 0 unspecified atom stereocenters. The Hall–Kier alpha value is -1.34. The zero-order valence-electron chi connectivity index (χ0n) is 19.6. The number of ketones is 1. The lowest BCUT2D eigenvalue weighted by Crippen LogP contribution is -2.48. The van der Waals surface area contributed by atoms with Crippen LogP contribution >= 0.6 is 15.2 Å². The second kappa shape index (κ2) is 13.4. The van der Waals surface area contributed by atoms with Crippen molar-refractivity contribution in [2.75, 3.05) is 26.4 Å². The van der Waals surface area contributed by atoms with E-state index in [4.69, 9.17) is 18.1 Å². The summed E-state index contributed by atoms with van der Waals surface area (Å²) in [7, 11) is -8.18. The molecule has 0 aliphatic heterocycles. The van der Waals surface area contributed by atoms with E-state index in [1.807, 2.05) is 0 Å². The molecule has 0 saturated carbocycles. The van der Waals surface area contributed by atoms with Crippen LogP contribution in [0.5, 0.6) is 0 Å². The normalized spacial score (nSPS) is 14.2. The van der Waals surface area contributed by atoms with Crippen LogP contribution in [-0.2, 0) is 32.0 Å². The Morgan fingerprint density at radius 3 is 1.59 bits per heavy atom. The lowest BCUT2D eigenvalue weighted by Gasteiger charge is -2.37. The molecule has 11 heteroatoms. The first-order valence-electron chi connectivity index (χ1n) is 10.7. The van der Waals surface area contributed by atoms with Crippen LogP contribution in [0.1, 0.15) is 51.9 Å². The van der Waals surface area contributed by atoms with Crippen LogP contribution in [0.15, 0.2) is 30.3 Å². The Balaban J connectivity index is 3.52. The lowest BCUT2D eigenvalue weighted by atomic mass is 9.99. The Morgan fingerprint density at radius 2 is 1.25 bits per heavy atom. The SMILES string of the molecule is CCOP(=O)(OCC)C([C@@H](C)[C@H](NC(=O)c1ccccc1)C(C)=O)P(=O)(OCC)OCC. The van der Waals surface area contributed by atoms with Crippen molar-refractivity contribution in [3.8, 4) is 0 Å². The molecule has 0 aliphatic rings. The van der Waals surface area contributed by atoms with Crippen molar-refractivity contribution in [2.45, 2.75) is 53.0 Å². The van der Waals surface area contributed by atoms with Crippen molar-refractivity contribution in [3.63, 3.8) is 0 Å². The second-order valence-electron chi connectivity index (χ2n) is 6.95. The predicted octanol–water partition coefficient (Wildman–Crippen LogP) is 4.87. The summed E-state index contributed by atoms with van der Waals surface area (Å²) in [5, 5.41) is 1.24. The Kier molecular flexibility index (Phi) is 12.0. The van der Waals surface area contributed by atoms with E-state index in [9.17, 15) is 18.7 Å². The fourth-order valence-electron chi connectivity index (χ4n) is 3.44. The number of nitrogens with one attached hydrogen (secondary N) is 1. The molecule has 0 heterocycles. The summed E-state index contributed by atoms with van der Waals surface area (Å²) in [4.78, 5) is 25.3. The highest BCUT2D eigenvalue weighted by Gasteiger charge is 2.56. The highest BCUT2D eigenvalue weighted by Crippen LogP contribution is 2.72. The molecule has 2 atom stereocenters. The molecular formula is C21H35NO8P2. The third kappa shape index (κ3) is 7.34. The molecule has 0 bridgehead atoms. The molecule has 0 aliphatic carbocycles. The van der Waals surface area contributed by atoms with Crippen LogP contribution in [0, 0.1) is 5.92 Å². The fraction of sp³-hybridized carbons (Fsp3) is 0.619. The molecule has 0 radical (unpaired) electrons. The highest BCUT2D eigenvalue weighted by molar-refractivity contribution is 7.72. The molecule has 32 heavy (non-hydrogen) atoms. The van der Waals surface area contributed by atoms with E-state index < -0.39 is 44.2 Å². The van der Waals surface area contributed by atoms with Gasteiger partial charge in [-0.15, -0.1) is 0 Å². The van der Waals surface area contributed by atoms with Crippen molar-refractivity contribution in [1.82, 2.24) is 5.32 Å². The molecule has 0 spiro atoms. The number of carbonyl (C=O) groups is 2. The quantitative estimate of drug-likeness (QED) is 0.346. The minimum Gasteiger partial charge on any atom is -0.342 e. The van der Waals surface area contributed by atoms with Gasteiger partial charge < -0.3 is 23.4 Å². The first-order valence-corrected chi connectivity index (χ1v) is 14.0. The highest BCUT2D eigenvalue weighted by atomic mass is 31.2. The fourth-order valence-corrected chi connectivity index (χ4v) is 9.32. The minimum atomic E-state index is -4.09. The standard InChI is InChI=1S/C21H35NO8P2/c1-7-27-31(25,28-8-2)21(32(26,29-9-3)30-10-4)16(5)19(17(6)23)22-20(24)18-14-12-11-13-15-18/h11-16,19,21H,7-10H2,1-6H3,(H,22,24)/t16-,19-/m0/s1. The van der Waals surface area contributed by atoms with Crippen molar-refractivity contribution in [3.05, 3.63) is 35.9 Å². The van der Waals surface area contributed by atoms with Gasteiger partial charge in [0, 0.05) is 11.5 Å². The average molecular weight is 491 g/mol. The predicted molar refractivity (Wildman–Crippen MR) is 123 cm³/mol. The summed E-state index contributed by atoms with van der Waals surface area (Å²) in [6.45, 7) is 9.40. The van der Waals surface area contributed by atoms with Crippen LogP contribution < -0.4 is 5.32 Å². The third-order valence-electron chi connectivity index (χ3n) is 4.64. The smallest absolute Gasteiger partial charge is 0.342 e. The molecule has 1 N–H and O–H groups in total. The maximum absolute atomic E-state index is 13.8. The van der Waals surface area contributed by atoms with E-state index in [0.29, 0.717) is 5.56 Å². The van der Waals surface area contributed by atoms with E-state index in [-0.39, 0.29) is 26.4 Å². The number of Topliss-reactive ketones (excluding diaryl/α,β-unsaturated/α-hetero) is 1. The van der Waals surface area contributed by atoms with Gasteiger partial charge in [0.1, 0.15) is 0 Å². The molecule has 0 aromatic heterocycles. The van der Waals surface area contributed by atoms with Gasteiger partial charge in [-0.05, 0) is 46.8 Å². The second-order valence-corrected chi connectivity index (χ2v) is 11.7. The average Bonchev–Trinajstić information content (AvgIpc) is 2.72. The Labute approximate surface area is 190 Å². The van der Waals surface area contributed by atoms with Gasteiger partial charge in [-0.1, -0.05) is 25.1 Å². The minimum absolute atomic E-state index is 0.0138. The summed E-state index contributed by atoms with van der Waals surface area (Å²) < 4.78 is 49.6. The summed E-state index contributed by atoms with van der Waals surface area (Å²) in [6.07, 6.45) is 0. The third-order valence-corrected chi connectivity index (χ3v) is 11.0. The first-order chi connectivity index (χ1) is 15.1. The number of amides is 1. The van der Waals surface area contributed by atoms with E-state index >= 15 is 0 Å². The number of rotatable bonds is 15. The van der Waals surface area contributed by atoms with Gasteiger partial charge >= 0.3 is 15.2 Å². The van der Waals surface area contributed by atoms with Crippen LogP contribution in [0.2, 0.25) is 0 Å². The number of carbonyl (C=O) groups excluding carboxylic acids is 2. The van der Waals surface area contributed by atoms with Crippen molar-refractivity contribution in [1.29, 1.82) is 0 Å². The maximum atomic E-state index is 13.8. The molecule has 1 amide bonds. The van der Waals surface area contributed by atoms with E-state index in [0.717, 1.165) is 0 Å². The summed E-state index contributed by atoms with van der Waals surface area (Å²) >= 11 is 0. The van der Waals surface area contributed by atoms with Crippen LogP contribution in [-0.4, -0.2) is 49.6 Å². The molecule has 1 rings (SSSR count). The molecule has 0 fully saturated rings. The van der Waals surface area contributed by atoms with Gasteiger partial charge in [0.15, 0.2) is 11.2 Å². The summed E-state index contributed by atoms with van der Waals surface area (Å²) in [5.74, 6) is -1.87. The zero-order valence-corrected chi connectivity index (χ0v) is 21.4. The Bertz CT molecular complexity index is 782. The molecule has 1 aromatic rings.